The molecule has 2 aromatic rings. The number of nitrogens with one attached hydrogen (secondary N) is 1. The maximum Gasteiger partial charge on any atom is 0.335 e. The van der Waals surface area contributed by atoms with Gasteiger partial charge in [0.25, 0.3) is 0 Å². The third kappa shape index (κ3) is 8.10. The monoisotopic (exact) mass is 486 g/mol. The predicted octanol–water partition coefficient (Wildman–Crippen LogP) is 6.25. The lowest BCUT2D eigenvalue weighted by Crippen LogP contribution is -2.12. The number of amides is 1. The molecule has 6 nitrogen and oxygen atoms in total. The van der Waals surface area contributed by atoms with Crippen LogP contribution in [0, 0.1) is 5.82 Å². The van der Waals surface area contributed by atoms with Gasteiger partial charge in [-0.25, -0.2) is 4.39 Å². The van der Waals surface area contributed by atoms with E-state index in [-0.39, 0.29) is 17.9 Å². The van der Waals surface area contributed by atoms with Crippen molar-refractivity contribution >= 4 is 24.9 Å². The highest BCUT2D eigenvalue weighted by Crippen LogP contribution is 2.51. The molecule has 0 fully saturated rings. The van der Waals surface area contributed by atoms with E-state index in [4.69, 9.17) is 9.05 Å². The molecule has 182 valence electrons. The Morgan fingerprint density at radius 1 is 1.03 bits per heavy atom. The zero-order chi connectivity index (χ0) is 25.1. The number of carbonyl (C=O) groups is 1. The zero-order valence-electron chi connectivity index (χ0n) is 20.1. The molecule has 8 heteroatoms. The van der Waals surface area contributed by atoms with Gasteiger partial charge < -0.3 is 19.3 Å². The van der Waals surface area contributed by atoms with E-state index in [0.29, 0.717) is 24.5 Å². The summed E-state index contributed by atoms with van der Waals surface area (Å²) in [6, 6.07) is 13.2. The van der Waals surface area contributed by atoms with Crippen LogP contribution in [-0.4, -0.2) is 38.1 Å². The molecule has 1 N–H and O–H groups in total. The van der Waals surface area contributed by atoms with Crippen molar-refractivity contribution in [1.82, 2.24) is 4.90 Å². The second-order valence-electron chi connectivity index (χ2n) is 7.53. The van der Waals surface area contributed by atoms with Crippen LogP contribution in [0.4, 0.5) is 10.1 Å². The van der Waals surface area contributed by atoms with Gasteiger partial charge >= 0.3 is 7.60 Å². The summed E-state index contributed by atoms with van der Waals surface area (Å²) in [5, 5.41) is 2.80. The van der Waals surface area contributed by atoms with Crippen molar-refractivity contribution in [3.63, 3.8) is 0 Å². The summed E-state index contributed by atoms with van der Waals surface area (Å²) in [5.41, 5.74) is 3.70. The number of allylic oxidation sites excluding steroid dienone is 3. The molecule has 2 rings (SSSR count). The van der Waals surface area contributed by atoms with Crippen LogP contribution in [-0.2, 0) is 24.6 Å². The second kappa shape index (κ2) is 13.0. The SMILES string of the molecule is C=CC(/C=C/C(=O)Nc1ccc(CP(=O)(OCC)OCC)cc1)=C(/c1ccc(F)cc1)N(C)C. The van der Waals surface area contributed by atoms with Crippen LogP contribution >= 0.6 is 7.60 Å². The van der Waals surface area contributed by atoms with Gasteiger partial charge in [0.1, 0.15) is 5.82 Å². The number of hydrogen-bond acceptors (Lipinski definition) is 5. The minimum absolute atomic E-state index is 0.160. The van der Waals surface area contributed by atoms with Gasteiger partial charge in [-0.3, -0.25) is 9.36 Å². The quantitative estimate of drug-likeness (QED) is 0.218. The maximum absolute atomic E-state index is 13.3. The van der Waals surface area contributed by atoms with Gasteiger partial charge in [-0.1, -0.05) is 24.8 Å². The first-order valence-corrected chi connectivity index (χ1v) is 12.7. The van der Waals surface area contributed by atoms with Gasteiger partial charge in [-0.05, 0) is 73.0 Å². The highest BCUT2D eigenvalue weighted by Gasteiger charge is 2.23. The van der Waals surface area contributed by atoms with E-state index >= 15 is 0 Å². The van der Waals surface area contributed by atoms with Crippen LogP contribution in [0.15, 0.2) is 78.9 Å². The molecule has 0 radical (unpaired) electrons. The van der Waals surface area contributed by atoms with E-state index in [2.05, 4.69) is 11.9 Å². The Morgan fingerprint density at radius 2 is 1.62 bits per heavy atom. The van der Waals surface area contributed by atoms with Gasteiger partial charge in [0, 0.05) is 25.9 Å². The Kier molecular flexibility index (Phi) is 10.5. The Bertz CT molecular complexity index is 1070. The van der Waals surface area contributed by atoms with Gasteiger partial charge in [-0.2, -0.15) is 0 Å². The number of anilines is 1. The van der Waals surface area contributed by atoms with Gasteiger partial charge in [-0.15, -0.1) is 0 Å². The average Bonchev–Trinajstić information content (AvgIpc) is 2.79. The summed E-state index contributed by atoms with van der Waals surface area (Å²) in [7, 11) is 0.544. The fourth-order valence-corrected chi connectivity index (χ4v) is 5.02. The number of benzene rings is 2. The molecule has 1 amide bonds. The minimum atomic E-state index is -3.19. The lowest BCUT2D eigenvalue weighted by Gasteiger charge is -2.20. The molecule has 0 heterocycles. The first kappa shape index (κ1) is 27.3. The Balaban J connectivity index is 2.13. The number of halogens is 1. The van der Waals surface area contributed by atoms with Gasteiger partial charge in [0.05, 0.1) is 25.1 Å². The van der Waals surface area contributed by atoms with Crippen LogP contribution in [0.3, 0.4) is 0 Å². The van der Waals surface area contributed by atoms with Crippen LogP contribution in [0.1, 0.15) is 25.0 Å². The summed E-state index contributed by atoms with van der Waals surface area (Å²) in [4.78, 5) is 14.4. The highest BCUT2D eigenvalue weighted by molar-refractivity contribution is 7.53. The van der Waals surface area contributed by atoms with E-state index in [9.17, 15) is 13.8 Å². The fourth-order valence-electron chi connectivity index (χ4n) is 3.32. The number of carbonyl (C=O) groups excluding carboxylic acids is 1. The van der Waals surface area contributed by atoms with Crippen LogP contribution < -0.4 is 5.32 Å². The van der Waals surface area contributed by atoms with E-state index in [1.165, 1.54) is 18.2 Å². The summed E-state index contributed by atoms with van der Waals surface area (Å²) in [5.74, 6) is -0.639. The molecule has 0 bridgehead atoms. The average molecular weight is 487 g/mol. The number of hydrogen-bond donors (Lipinski definition) is 1. The van der Waals surface area contributed by atoms with Crippen molar-refractivity contribution in [2.24, 2.45) is 0 Å². The summed E-state index contributed by atoms with van der Waals surface area (Å²) in [6.45, 7) is 7.99. The predicted molar refractivity (Wildman–Crippen MR) is 136 cm³/mol. The molecule has 0 aromatic heterocycles. The van der Waals surface area contributed by atoms with Gasteiger partial charge in [0.15, 0.2) is 0 Å². The van der Waals surface area contributed by atoms with E-state index in [1.807, 2.05) is 19.0 Å². The highest BCUT2D eigenvalue weighted by atomic mass is 31.2. The molecule has 0 aliphatic rings. The molecular formula is C26H32FN2O4P. The molecule has 0 unspecified atom stereocenters. The second-order valence-corrected chi connectivity index (χ2v) is 9.59. The molecule has 34 heavy (non-hydrogen) atoms. The van der Waals surface area contributed by atoms with Crippen LogP contribution in [0.25, 0.3) is 5.70 Å². The standard InChI is InChI=1S/C26H32FN2O4P/c1-6-21(26(29(4)5)22-11-14-23(27)15-12-22)13-18-25(30)28-24-16-9-20(10-17-24)19-34(31,32-7-2)33-8-3/h6,9-18H,1,7-8,19H2,2-5H3,(H,28,30)/b18-13+,26-21+. The van der Waals surface area contributed by atoms with Crippen molar-refractivity contribution in [1.29, 1.82) is 0 Å². The summed E-state index contributed by atoms with van der Waals surface area (Å²) >= 11 is 0. The summed E-state index contributed by atoms with van der Waals surface area (Å²) < 4.78 is 36.7. The minimum Gasteiger partial charge on any atom is -0.377 e. The first-order valence-electron chi connectivity index (χ1n) is 11.0. The largest absolute Gasteiger partial charge is 0.377 e. The Morgan fingerprint density at radius 3 is 2.12 bits per heavy atom. The summed E-state index contributed by atoms with van der Waals surface area (Å²) in [6.07, 6.45) is 4.88. The maximum atomic E-state index is 13.3. The molecular weight excluding hydrogens is 454 g/mol. The van der Waals surface area contributed by atoms with Crippen molar-refractivity contribution in [3.8, 4) is 0 Å². The van der Waals surface area contributed by atoms with E-state index in [1.54, 1.807) is 62.4 Å². The lowest BCUT2D eigenvalue weighted by atomic mass is 10.0. The third-order valence-electron chi connectivity index (χ3n) is 4.72. The first-order chi connectivity index (χ1) is 16.2. The third-order valence-corrected chi connectivity index (χ3v) is 6.78. The molecule has 0 atom stereocenters. The van der Waals surface area contributed by atoms with Gasteiger partial charge in [0.2, 0.25) is 5.91 Å². The normalized spacial score (nSPS) is 12.4. The smallest absolute Gasteiger partial charge is 0.335 e. The van der Waals surface area contributed by atoms with Crippen molar-refractivity contribution in [2.45, 2.75) is 20.0 Å². The molecule has 2 aromatic carbocycles. The Hall–Kier alpha value is -2.99. The van der Waals surface area contributed by atoms with Crippen molar-refractivity contribution < 1.29 is 22.8 Å². The molecule has 0 spiro atoms. The number of rotatable bonds is 12. The number of nitrogens with zero attached hydrogens (tertiary/aromatic N) is 1. The fraction of sp³-hybridized carbons (Fsp3) is 0.269. The van der Waals surface area contributed by atoms with Crippen molar-refractivity contribution in [3.05, 3.63) is 95.9 Å². The van der Waals surface area contributed by atoms with Crippen LogP contribution in [0.2, 0.25) is 0 Å². The zero-order valence-corrected chi connectivity index (χ0v) is 21.0. The van der Waals surface area contributed by atoms with Crippen molar-refractivity contribution in [2.75, 3.05) is 32.6 Å². The van der Waals surface area contributed by atoms with Crippen LogP contribution in [0.5, 0.6) is 0 Å². The Labute approximate surface area is 201 Å². The molecule has 0 aliphatic heterocycles. The lowest BCUT2D eigenvalue weighted by molar-refractivity contribution is -0.111. The molecule has 0 saturated heterocycles. The molecule has 0 aliphatic carbocycles. The van der Waals surface area contributed by atoms with E-state index < -0.39 is 7.60 Å². The van der Waals surface area contributed by atoms with E-state index in [0.717, 1.165) is 16.8 Å². The molecule has 0 saturated carbocycles. The topological polar surface area (TPSA) is 67.9 Å².